The van der Waals surface area contributed by atoms with Crippen molar-refractivity contribution in [1.82, 2.24) is 4.98 Å². The van der Waals surface area contributed by atoms with Crippen molar-refractivity contribution in [3.63, 3.8) is 0 Å². The zero-order chi connectivity index (χ0) is 9.97. The van der Waals surface area contributed by atoms with Crippen LogP contribution >= 0.6 is 0 Å². The van der Waals surface area contributed by atoms with E-state index in [-0.39, 0.29) is 0 Å². The van der Waals surface area contributed by atoms with Gasteiger partial charge < -0.3 is 14.7 Å². The van der Waals surface area contributed by atoms with Gasteiger partial charge in [0, 0.05) is 5.39 Å². The Kier molecular flexibility index (Phi) is 2.34. The normalized spacial score (nSPS) is 10.1. The lowest BCUT2D eigenvalue weighted by Crippen LogP contribution is -2.20. The number of benzene rings is 1. The van der Waals surface area contributed by atoms with E-state index in [4.69, 9.17) is 10.0 Å². The van der Waals surface area contributed by atoms with Gasteiger partial charge in [-0.15, -0.1) is 0 Å². The van der Waals surface area contributed by atoms with Gasteiger partial charge >= 0.3 is 7.32 Å². The smallest absolute Gasteiger partial charge is 0.511 e. The van der Waals surface area contributed by atoms with Crippen LogP contribution in [0.4, 0.5) is 0 Å². The molecule has 0 atom stereocenters. The van der Waals surface area contributed by atoms with E-state index in [9.17, 15) is 0 Å². The summed E-state index contributed by atoms with van der Waals surface area (Å²) in [7, 11) is -1.81. The molecule has 0 saturated heterocycles. The molecule has 0 saturated carbocycles. The van der Waals surface area contributed by atoms with Gasteiger partial charge in [0.1, 0.15) is 5.75 Å². The molecule has 1 aromatic heterocycles. The van der Waals surface area contributed by atoms with Crippen molar-refractivity contribution in [3.05, 3.63) is 36.5 Å². The van der Waals surface area contributed by atoms with Crippen LogP contribution in [-0.2, 0) is 0 Å². The lowest BCUT2D eigenvalue weighted by molar-refractivity contribution is 0.288. The molecule has 0 radical (unpaired) electrons. The summed E-state index contributed by atoms with van der Waals surface area (Å²) in [4.78, 5) is 4.09. The van der Waals surface area contributed by atoms with Crippen molar-refractivity contribution in [1.29, 1.82) is 0 Å². The molecule has 0 fully saturated rings. The van der Waals surface area contributed by atoms with Crippen LogP contribution in [0.2, 0.25) is 0 Å². The predicted octanol–water partition coefficient (Wildman–Crippen LogP) is 0.583. The molecule has 0 unspecified atom stereocenters. The Morgan fingerprint density at radius 2 is 2.00 bits per heavy atom. The fourth-order valence-corrected chi connectivity index (χ4v) is 1.24. The van der Waals surface area contributed by atoms with Crippen molar-refractivity contribution in [2.45, 2.75) is 0 Å². The summed E-state index contributed by atoms with van der Waals surface area (Å²) < 4.78 is 4.67. The molecule has 0 spiro atoms. The minimum Gasteiger partial charge on any atom is -0.511 e. The first-order valence-electron chi connectivity index (χ1n) is 4.13. The monoisotopic (exact) mass is 189 g/mol. The maximum atomic E-state index is 8.58. The first-order valence-corrected chi connectivity index (χ1v) is 4.13. The molecule has 0 aliphatic rings. The highest BCUT2D eigenvalue weighted by atomic mass is 16.6. The first kappa shape index (κ1) is 8.99. The lowest BCUT2D eigenvalue weighted by atomic mass is 10.2. The number of fused-ring (bicyclic) bond motifs is 1. The number of hydrogen-bond donors (Lipinski definition) is 2. The van der Waals surface area contributed by atoms with Gasteiger partial charge in [-0.3, -0.25) is 4.98 Å². The summed E-state index contributed by atoms with van der Waals surface area (Å²) in [6.45, 7) is 0. The number of hydrogen-bond acceptors (Lipinski definition) is 4. The van der Waals surface area contributed by atoms with Crippen molar-refractivity contribution in [3.8, 4) is 5.75 Å². The maximum Gasteiger partial charge on any atom is 0.707 e. The Bertz CT molecular complexity index is 447. The Labute approximate surface area is 81.0 Å². The van der Waals surface area contributed by atoms with Crippen LogP contribution in [0.3, 0.4) is 0 Å². The molecule has 0 aliphatic carbocycles. The zero-order valence-electron chi connectivity index (χ0n) is 7.29. The van der Waals surface area contributed by atoms with Crippen LogP contribution in [0.15, 0.2) is 36.5 Å². The Morgan fingerprint density at radius 1 is 1.21 bits per heavy atom. The molecule has 70 valence electrons. The molecule has 2 aromatic rings. The molecule has 0 aliphatic heterocycles. The van der Waals surface area contributed by atoms with Gasteiger partial charge in [0.15, 0.2) is 0 Å². The van der Waals surface area contributed by atoms with E-state index >= 15 is 0 Å². The van der Waals surface area contributed by atoms with Crippen molar-refractivity contribution >= 4 is 18.2 Å². The minimum absolute atomic E-state index is 0.332. The Balaban J connectivity index is 2.41. The standard InChI is InChI=1S/C9H8BNO3/c12-10(13)14-8-5-7-3-1-2-4-9(7)11-6-8/h1-6,12-13H. The maximum absolute atomic E-state index is 8.58. The number of aromatic nitrogens is 1. The van der Waals surface area contributed by atoms with Crippen LogP contribution in [0.1, 0.15) is 0 Å². The largest absolute Gasteiger partial charge is 0.707 e. The second-order valence-electron chi connectivity index (χ2n) is 2.81. The summed E-state index contributed by atoms with van der Waals surface area (Å²) in [6.07, 6.45) is 1.45. The van der Waals surface area contributed by atoms with Crippen LogP contribution < -0.4 is 4.65 Å². The molecule has 14 heavy (non-hydrogen) atoms. The first-order chi connectivity index (χ1) is 6.75. The van der Waals surface area contributed by atoms with E-state index < -0.39 is 7.32 Å². The second-order valence-corrected chi connectivity index (χ2v) is 2.81. The van der Waals surface area contributed by atoms with E-state index in [2.05, 4.69) is 9.64 Å². The van der Waals surface area contributed by atoms with Crippen LogP contribution in [0.5, 0.6) is 5.75 Å². The van der Waals surface area contributed by atoms with Crippen LogP contribution in [0.25, 0.3) is 10.9 Å². The van der Waals surface area contributed by atoms with Gasteiger partial charge in [-0.05, 0) is 12.1 Å². The number of pyridine rings is 1. The van der Waals surface area contributed by atoms with Crippen LogP contribution in [-0.4, -0.2) is 22.4 Å². The van der Waals surface area contributed by atoms with Crippen molar-refractivity contribution < 1.29 is 14.7 Å². The Hall–Kier alpha value is -1.59. The van der Waals surface area contributed by atoms with Crippen molar-refractivity contribution in [2.75, 3.05) is 0 Å². The SMILES string of the molecule is OB(O)Oc1cnc2ccccc2c1. The van der Waals surface area contributed by atoms with Crippen LogP contribution in [0, 0.1) is 0 Å². The summed E-state index contributed by atoms with van der Waals surface area (Å²) >= 11 is 0. The van der Waals surface area contributed by atoms with Crippen molar-refractivity contribution in [2.24, 2.45) is 0 Å². The van der Waals surface area contributed by atoms with Gasteiger partial charge in [0.05, 0.1) is 11.7 Å². The average molecular weight is 189 g/mol. The molecule has 2 rings (SSSR count). The molecule has 0 amide bonds. The molecule has 4 nitrogen and oxygen atoms in total. The molecule has 5 heteroatoms. The third-order valence-electron chi connectivity index (χ3n) is 1.81. The van der Waals surface area contributed by atoms with E-state index in [0.29, 0.717) is 5.75 Å². The fourth-order valence-electron chi connectivity index (χ4n) is 1.24. The highest BCUT2D eigenvalue weighted by Gasteiger charge is 2.11. The minimum atomic E-state index is -1.81. The summed E-state index contributed by atoms with van der Waals surface area (Å²) in [5.74, 6) is 0.332. The highest BCUT2D eigenvalue weighted by molar-refractivity contribution is 6.33. The highest BCUT2D eigenvalue weighted by Crippen LogP contribution is 2.17. The summed E-state index contributed by atoms with van der Waals surface area (Å²) in [6, 6.07) is 9.20. The molecule has 2 N–H and O–H groups in total. The fraction of sp³-hybridized carbons (Fsp3) is 0. The van der Waals surface area contributed by atoms with E-state index in [1.807, 2.05) is 24.3 Å². The van der Waals surface area contributed by atoms with Gasteiger partial charge in [-0.25, -0.2) is 0 Å². The average Bonchev–Trinajstić information content (AvgIpc) is 2.17. The second kappa shape index (κ2) is 3.65. The number of rotatable bonds is 2. The third kappa shape index (κ3) is 1.84. The summed E-state index contributed by atoms with van der Waals surface area (Å²) in [5, 5.41) is 18.1. The van der Waals surface area contributed by atoms with E-state index in [1.54, 1.807) is 6.07 Å². The number of nitrogens with zero attached hydrogens (tertiary/aromatic N) is 1. The quantitative estimate of drug-likeness (QED) is 0.678. The van der Waals surface area contributed by atoms with Gasteiger partial charge in [-0.1, -0.05) is 18.2 Å². The number of para-hydroxylation sites is 1. The molecular formula is C9H8BNO3. The Morgan fingerprint density at radius 3 is 2.79 bits per heavy atom. The molecular weight excluding hydrogens is 181 g/mol. The third-order valence-corrected chi connectivity index (χ3v) is 1.81. The molecule has 1 heterocycles. The summed E-state index contributed by atoms with van der Waals surface area (Å²) in [5.41, 5.74) is 0.840. The van der Waals surface area contributed by atoms with Gasteiger partial charge in [0.2, 0.25) is 0 Å². The van der Waals surface area contributed by atoms with Gasteiger partial charge in [-0.2, -0.15) is 0 Å². The zero-order valence-corrected chi connectivity index (χ0v) is 7.29. The van der Waals surface area contributed by atoms with E-state index in [1.165, 1.54) is 6.20 Å². The lowest BCUT2D eigenvalue weighted by Gasteiger charge is -2.04. The molecule has 0 bridgehead atoms. The topological polar surface area (TPSA) is 62.6 Å². The van der Waals surface area contributed by atoms with E-state index in [0.717, 1.165) is 10.9 Å². The van der Waals surface area contributed by atoms with Gasteiger partial charge in [0.25, 0.3) is 0 Å². The molecule has 1 aromatic carbocycles. The predicted molar refractivity (Wildman–Crippen MR) is 52.6 cm³/mol.